The van der Waals surface area contributed by atoms with E-state index in [2.05, 4.69) is 39.5 Å². The molecule has 2 rings (SSSR count). The average Bonchev–Trinajstić information content (AvgIpc) is 2.75. The fourth-order valence-electron chi connectivity index (χ4n) is 2.62. The molecule has 1 aromatic rings. The van der Waals surface area contributed by atoms with Gasteiger partial charge < -0.3 is 10.2 Å². The Labute approximate surface area is 109 Å². The smallest absolute Gasteiger partial charge is 0.0843 e. The highest BCUT2D eigenvalue weighted by Gasteiger charge is 2.29. The fourth-order valence-corrected chi connectivity index (χ4v) is 2.62. The van der Waals surface area contributed by atoms with Gasteiger partial charge in [0, 0.05) is 51.4 Å². The first kappa shape index (κ1) is 13.5. The molecule has 1 aliphatic heterocycles. The highest BCUT2D eigenvalue weighted by Crippen LogP contribution is 2.13. The van der Waals surface area contributed by atoms with Gasteiger partial charge in [0.15, 0.2) is 0 Å². The molecule has 102 valence electrons. The van der Waals surface area contributed by atoms with E-state index in [1.807, 2.05) is 20.3 Å². The molecule has 0 radical (unpaired) electrons. The summed E-state index contributed by atoms with van der Waals surface area (Å²) in [6.45, 7) is 3.37. The lowest BCUT2D eigenvalue weighted by Crippen LogP contribution is -2.58. The zero-order chi connectivity index (χ0) is 13.1. The number of aromatic nitrogens is 3. The number of likely N-dealkylation sites (N-methyl/N-ethyl adjacent to an activating group) is 3. The lowest BCUT2D eigenvalue weighted by atomic mass is 10.00. The first-order chi connectivity index (χ1) is 8.60. The SMILES string of the molecule is CNC(Cc1cn(C)nn1)C1CN(C)CCN1C. The molecule has 1 aliphatic rings. The van der Waals surface area contributed by atoms with E-state index in [0.29, 0.717) is 12.1 Å². The lowest BCUT2D eigenvalue weighted by molar-refractivity contribution is 0.0894. The van der Waals surface area contributed by atoms with Crippen molar-refractivity contribution >= 4 is 0 Å². The summed E-state index contributed by atoms with van der Waals surface area (Å²) < 4.78 is 1.76. The molecule has 0 amide bonds. The highest BCUT2D eigenvalue weighted by atomic mass is 15.4. The summed E-state index contributed by atoms with van der Waals surface area (Å²) in [7, 11) is 8.34. The van der Waals surface area contributed by atoms with Gasteiger partial charge >= 0.3 is 0 Å². The number of hydrogen-bond donors (Lipinski definition) is 1. The summed E-state index contributed by atoms with van der Waals surface area (Å²) in [5.41, 5.74) is 1.05. The van der Waals surface area contributed by atoms with Crippen LogP contribution in [0.25, 0.3) is 0 Å². The molecule has 1 N–H and O–H groups in total. The van der Waals surface area contributed by atoms with Gasteiger partial charge in [0.2, 0.25) is 0 Å². The van der Waals surface area contributed by atoms with Gasteiger partial charge in [-0.2, -0.15) is 0 Å². The van der Waals surface area contributed by atoms with Gasteiger partial charge in [0.1, 0.15) is 0 Å². The molecule has 2 heterocycles. The van der Waals surface area contributed by atoms with Crippen LogP contribution in [0.4, 0.5) is 0 Å². The standard InChI is InChI=1S/C12H24N6/c1-13-11(7-10-8-18(4)15-14-10)12-9-16(2)5-6-17(12)3/h8,11-13H,5-7,9H2,1-4H3. The van der Waals surface area contributed by atoms with E-state index in [0.717, 1.165) is 31.7 Å². The van der Waals surface area contributed by atoms with Crippen LogP contribution >= 0.6 is 0 Å². The highest BCUT2D eigenvalue weighted by molar-refractivity contribution is 5.00. The molecule has 0 bridgehead atoms. The second-order valence-corrected chi connectivity index (χ2v) is 5.29. The average molecular weight is 252 g/mol. The summed E-state index contributed by atoms with van der Waals surface area (Å²) in [4.78, 5) is 4.84. The third-order valence-electron chi connectivity index (χ3n) is 3.81. The van der Waals surface area contributed by atoms with Crippen LogP contribution in [0.3, 0.4) is 0 Å². The van der Waals surface area contributed by atoms with E-state index in [9.17, 15) is 0 Å². The molecule has 6 nitrogen and oxygen atoms in total. The number of aryl methyl sites for hydroxylation is 1. The first-order valence-corrected chi connectivity index (χ1v) is 6.51. The maximum absolute atomic E-state index is 4.18. The Morgan fingerprint density at radius 1 is 1.39 bits per heavy atom. The molecule has 0 saturated carbocycles. The fraction of sp³-hybridized carbons (Fsp3) is 0.833. The summed E-state index contributed by atoms with van der Waals surface area (Å²) in [6.07, 6.45) is 2.92. The molecule has 2 atom stereocenters. The monoisotopic (exact) mass is 252 g/mol. The Morgan fingerprint density at radius 2 is 2.17 bits per heavy atom. The Balaban J connectivity index is 2.02. The van der Waals surface area contributed by atoms with Crippen molar-refractivity contribution in [1.82, 2.24) is 30.1 Å². The van der Waals surface area contributed by atoms with Gasteiger partial charge in [-0.05, 0) is 21.1 Å². The lowest BCUT2D eigenvalue weighted by Gasteiger charge is -2.41. The van der Waals surface area contributed by atoms with Gasteiger partial charge in [-0.25, -0.2) is 0 Å². The van der Waals surface area contributed by atoms with Crippen molar-refractivity contribution in [2.24, 2.45) is 7.05 Å². The van der Waals surface area contributed by atoms with Crippen LogP contribution in [0.2, 0.25) is 0 Å². The van der Waals surface area contributed by atoms with Crippen LogP contribution < -0.4 is 5.32 Å². The Hall–Kier alpha value is -0.980. The normalized spacial score (nSPS) is 24.3. The van der Waals surface area contributed by atoms with Crippen LogP contribution in [0.1, 0.15) is 5.69 Å². The Kier molecular flexibility index (Phi) is 4.31. The molecule has 0 spiro atoms. The third kappa shape index (κ3) is 3.07. The van der Waals surface area contributed by atoms with Crippen molar-refractivity contribution < 1.29 is 0 Å². The molecule has 18 heavy (non-hydrogen) atoms. The largest absolute Gasteiger partial charge is 0.315 e. The molecule has 0 aliphatic carbocycles. The number of hydrogen-bond acceptors (Lipinski definition) is 5. The van der Waals surface area contributed by atoms with Gasteiger partial charge in [-0.1, -0.05) is 5.21 Å². The molecule has 1 aromatic heterocycles. The molecule has 0 aromatic carbocycles. The van der Waals surface area contributed by atoms with Crippen molar-refractivity contribution in [2.75, 3.05) is 40.8 Å². The summed E-state index contributed by atoms with van der Waals surface area (Å²) in [5, 5.41) is 11.6. The predicted molar refractivity (Wildman–Crippen MR) is 71.5 cm³/mol. The molecule has 2 unspecified atom stereocenters. The van der Waals surface area contributed by atoms with Crippen LogP contribution in [-0.4, -0.2) is 77.7 Å². The maximum atomic E-state index is 4.18. The first-order valence-electron chi connectivity index (χ1n) is 6.51. The number of nitrogens with zero attached hydrogens (tertiary/aromatic N) is 5. The van der Waals surface area contributed by atoms with Crippen LogP contribution in [-0.2, 0) is 13.5 Å². The number of piperazine rings is 1. The number of rotatable bonds is 4. The van der Waals surface area contributed by atoms with Crippen molar-refractivity contribution in [1.29, 1.82) is 0 Å². The van der Waals surface area contributed by atoms with E-state index in [-0.39, 0.29) is 0 Å². The quantitative estimate of drug-likeness (QED) is 0.760. The van der Waals surface area contributed by atoms with Gasteiger partial charge in [-0.15, -0.1) is 5.10 Å². The summed E-state index contributed by atoms with van der Waals surface area (Å²) in [6, 6.07) is 0.935. The second kappa shape index (κ2) is 5.77. The topological polar surface area (TPSA) is 49.2 Å². The number of nitrogens with one attached hydrogen (secondary N) is 1. The molecular weight excluding hydrogens is 228 g/mol. The van der Waals surface area contributed by atoms with Crippen molar-refractivity contribution in [3.05, 3.63) is 11.9 Å². The Morgan fingerprint density at radius 3 is 2.78 bits per heavy atom. The van der Waals surface area contributed by atoms with Crippen LogP contribution in [0.15, 0.2) is 6.20 Å². The third-order valence-corrected chi connectivity index (χ3v) is 3.81. The zero-order valence-corrected chi connectivity index (χ0v) is 11.8. The van der Waals surface area contributed by atoms with Crippen molar-refractivity contribution in [3.8, 4) is 0 Å². The molecule has 1 saturated heterocycles. The van der Waals surface area contributed by atoms with E-state index < -0.39 is 0 Å². The van der Waals surface area contributed by atoms with Gasteiger partial charge in [0.05, 0.1) is 5.69 Å². The zero-order valence-electron chi connectivity index (χ0n) is 11.8. The minimum absolute atomic E-state index is 0.412. The maximum Gasteiger partial charge on any atom is 0.0843 e. The minimum atomic E-state index is 0.412. The second-order valence-electron chi connectivity index (χ2n) is 5.29. The van der Waals surface area contributed by atoms with Gasteiger partial charge in [-0.3, -0.25) is 9.58 Å². The molecular formula is C12H24N6. The predicted octanol–water partition coefficient (Wildman–Crippen LogP) is -0.809. The van der Waals surface area contributed by atoms with Crippen molar-refractivity contribution in [2.45, 2.75) is 18.5 Å². The van der Waals surface area contributed by atoms with E-state index in [4.69, 9.17) is 0 Å². The van der Waals surface area contributed by atoms with Crippen LogP contribution in [0, 0.1) is 0 Å². The van der Waals surface area contributed by atoms with Crippen LogP contribution in [0.5, 0.6) is 0 Å². The summed E-state index contributed by atoms with van der Waals surface area (Å²) >= 11 is 0. The summed E-state index contributed by atoms with van der Waals surface area (Å²) in [5.74, 6) is 0. The van der Waals surface area contributed by atoms with E-state index in [1.165, 1.54) is 0 Å². The van der Waals surface area contributed by atoms with Crippen molar-refractivity contribution in [3.63, 3.8) is 0 Å². The van der Waals surface area contributed by atoms with Gasteiger partial charge in [0.25, 0.3) is 0 Å². The molecule has 1 fully saturated rings. The minimum Gasteiger partial charge on any atom is -0.315 e. The Bertz CT molecular complexity index is 376. The molecule has 6 heteroatoms. The van der Waals surface area contributed by atoms with E-state index >= 15 is 0 Å². The van der Waals surface area contributed by atoms with E-state index in [1.54, 1.807) is 4.68 Å².